The van der Waals surface area contributed by atoms with E-state index in [0.29, 0.717) is 18.6 Å². The van der Waals surface area contributed by atoms with E-state index in [4.69, 9.17) is 0 Å². The number of benzene rings is 1. The van der Waals surface area contributed by atoms with Crippen LogP contribution in [0.5, 0.6) is 0 Å². The Morgan fingerprint density at radius 1 is 1.13 bits per heavy atom. The lowest BCUT2D eigenvalue weighted by atomic mass is 9.94. The van der Waals surface area contributed by atoms with Gasteiger partial charge in [-0.15, -0.1) is 0 Å². The van der Waals surface area contributed by atoms with Crippen molar-refractivity contribution in [2.45, 2.75) is 76.4 Å². The van der Waals surface area contributed by atoms with Crippen LogP contribution < -0.4 is 10.6 Å². The van der Waals surface area contributed by atoms with Gasteiger partial charge >= 0.3 is 6.03 Å². The zero-order chi connectivity index (χ0) is 21.2. The second-order valence-electron chi connectivity index (χ2n) is 8.97. The zero-order valence-electron chi connectivity index (χ0n) is 18.6. The third-order valence-electron chi connectivity index (χ3n) is 6.75. The van der Waals surface area contributed by atoms with Crippen LogP contribution in [0.2, 0.25) is 0 Å². The summed E-state index contributed by atoms with van der Waals surface area (Å²) in [5, 5.41) is 15.4. The fourth-order valence-electron chi connectivity index (χ4n) is 4.90. The molecular formula is C24H40N4O2. The van der Waals surface area contributed by atoms with Crippen LogP contribution in [0.4, 0.5) is 10.5 Å². The summed E-state index contributed by atoms with van der Waals surface area (Å²) < 4.78 is 0. The summed E-state index contributed by atoms with van der Waals surface area (Å²) in [6.07, 6.45) is 10.9. The summed E-state index contributed by atoms with van der Waals surface area (Å²) in [7, 11) is 2.20. The third kappa shape index (κ3) is 6.96. The number of hydrogen-bond acceptors (Lipinski definition) is 4. The fourth-order valence-corrected chi connectivity index (χ4v) is 4.90. The van der Waals surface area contributed by atoms with Gasteiger partial charge in [0.2, 0.25) is 0 Å². The number of urea groups is 1. The molecule has 6 heteroatoms. The number of aliphatic hydroxyl groups excluding tert-OH is 1. The van der Waals surface area contributed by atoms with Gasteiger partial charge in [0, 0.05) is 30.9 Å². The number of amides is 2. The quantitative estimate of drug-likeness (QED) is 0.508. The number of nitrogens with zero attached hydrogens (tertiary/aromatic N) is 2. The molecule has 1 aliphatic carbocycles. The molecule has 1 unspecified atom stereocenters. The third-order valence-corrected chi connectivity index (χ3v) is 6.75. The minimum atomic E-state index is -0.128. The van der Waals surface area contributed by atoms with Crippen molar-refractivity contribution in [3.63, 3.8) is 0 Å². The van der Waals surface area contributed by atoms with Gasteiger partial charge in [-0.2, -0.15) is 0 Å². The molecule has 1 saturated carbocycles. The number of nitrogens with one attached hydrogen (secondary N) is 2. The smallest absolute Gasteiger partial charge is 0.319 e. The zero-order valence-corrected chi connectivity index (χ0v) is 18.6. The summed E-state index contributed by atoms with van der Waals surface area (Å²) >= 11 is 0. The molecule has 1 aromatic rings. The van der Waals surface area contributed by atoms with Gasteiger partial charge in [-0.25, -0.2) is 4.79 Å². The molecule has 2 amide bonds. The van der Waals surface area contributed by atoms with Gasteiger partial charge in [-0.1, -0.05) is 37.5 Å². The number of para-hydroxylation sites is 1. The van der Waals surface area contributed by atoms with Crippen LogP contribution in [0.1, 0.15) is 63.4 Å². The molecule has 3 N–H and O–H groups in total. The fraction of sp³-hybridized carbons (Fsp3) is 0.708. The van der Waals surface area contributed by atoms with Crippen molar-refractivity contribution in [3.8, 4) is 0 Å². The van der Waals surface area contributed by atoms with Crippen LogP contribution in [0, 0.1) is 0 Å². The maximum Gasteiger partial charge on any atom is 0.319 e. The second kappa shape index (κ2) is 12.3. The van der Waals surface area contributed by atoms with Crippen molar-refractivity contribution >= 4 is 11.7 Å². The predicted octanol–water partition coefficient (Wildman–Crippen LogP) is 3.81. The van der Waals surface area contributed by atoms with E-state index in [9.17, 15) is 9.90 Å². The SMILES string of the molecule is CN(Cc1ccccc1NC(=O)NCCCCN1CCCC1CO)C1CCCCC1. The van der Waals surface area contributed by atoms with Gasteiger partial charge in [0.25, 0.3) is 0 Å². The molecule has 1 aliphatic heterocycles. The number of aliphatic hydroxyl groups is 1. The normalized spacial score (nSPS) is 20.6. The lowest BCUT2D eigenvalue weighted by molar-refractivity contribution is 0.157. The van der Waals surface area contributed by atoms with Gasteiger partial charge in [-0.05, 0) is 70.3 Å². The minimum absolute atomic E-state index is 0.128. The van der Waals surface area contributed by atoms with Gasteiger partial charge in [-0.3, -0.25) is 9.80 Å². The van der Waals surface area contributed by atoms with Gasteiger partial charge in [0.15, 0.2) is 0 Å². The highest BCUT2D eigenvalue weighted by Gasteiger charge is 2.22. The van der Waals surface area contributed by atoms with Crippen LogP contribution in [0.25, 0.3) is 0 Å². The number of carbonyl (C=O) groups is 1. The number of carbonyl (C=O) groups excluding carboxylic acids is 1. The van der Waals surface area contributed by atoms with Crippen molar-refractivity contribution < 1.29 is 9.90 Å². The van der Waals surface area contributed by atoms with E-state index >= 15 is 0 Å². The standard InChI is InChI=1S/C24H40N4O2/c1-27(21-11-3-2-4-12-21)18-20-10-5-6-14-23(20)26-24(30)25-15-7-8-16-28-17-9-13-22(28)19-29/h5-6,10,14,21-22,29H,2-4,7-9,11-13,15-19H2,1H3,(H2,25,26,30). The summed E-state index contributed by atoms with van der Waals surface area (Å²) in [6.45, 7) is 3.89. The summed E-state index contributed by atoms with van der Waals surface area (Å²) in [6, 6.07) is 9.00. The molecular weight excluding hydrogens is 376 g/mol. The first kappa shape index (κ1) is 23.0. The Kier molecular flexibility index (Phi) is 9.43. The maximum atomic E-state index is 12.4. The van der Waals surface area contributed by atoms with Crippen molar-refractivity contribution in [2.75, 3.05) is 38.6 Å². The Morgan fingerprint density at radius 3 is 2.73 bits per heavy atom. The van der Waals surface area contributed by atoms with E-state index in [1.54, 1.807) is 0 Å². The van der Waals surface area contributed by atoms with Crippen LogP contribution in [-0.2, 0) is 6.54 Å². The second-order valence-corrected chi connectivity index (χ2v) is 8.97. The van der Waals surface area contributed by atoms with Crippen LogP contribution in [0.3, 0.4) is 0 Å². The van der Waals surface area contributed by atoms with Crippen LogP contribution in [0.15, 0.2) is 24.3 Å². The predicted molar refractivity (Wildman–Crippen MR) is 123 cm³/mol. The molecule has 0 radical (unpaired) electrons. The molecule has 0 bridgehead atoms. The molecule has 0 spiro atoms. The number of rotatable bonds is 10. The summed E-state index contributed by atoms with van der Waals surface area (Å²) in [4.78, 5) is 17.2. The number of unbranched alkanes of at least 4 members (excludes halogenated alkanes) is 1. The van der Waals surface area contributed by atoms with E-state index in [2.05, 4.69) is 33.5 Å². The Bertz CT molecular complexity index is 648. The molecule has 2 aliphatic rings. The molecule has 0 aromatic heterocycles. The monoisotopic (exact) mass is 416 g/mol. The number of anilines is 1. The van der Waals surface area contributed by atoms with Crippen molar-refractivity contribution in [3.05, 3.63) is 29.8 Å². The van der Waals surface area contributed by atoms with Crippen molar-refractivity contribution in [1.29, 1.82) is 0 Å². The molecule has 3 rings (SSSR count). The lowest BCUT2D eigenvalue weighted by Crippen LogP contribution is -2.34. The summed E-state index contributed by atoms with van der Waals surface area (Å²) in [5.74, 6) is 0. The van der Waals surface area contributed by atoms with Crippen molar-refractivity contribution in [2.24, 2.45) is 0 Å². The Hall–Kier alpha value is -1.63. The first-order chi connectivity index (χ1) is 14.7. The molecule has 1 heterocycles. The first-order valence-corrected chi connectivity index (χ1v) is 11.9. The Morgan fingerprint density at radius 2 is 1.93 bits per heavy atom. The molecule has 2 fully saturated rings. The summed E-state index contributed by atoms with van der Waals surface area (Å²) in [5.41, 5.74) is 2.07. The Labute approximate surface area is 182 Å². The highest BCUT2D eigenvalue weighted by Crippen LogP contribution is 2.25. The molecule has 30 heavy (non-hydrogen) atoms. The van der Waals surface area contributed by atoms with E-state index in [-0.39, 0.29) is 12.6 Å². The van der Waals surface area contributed by atoms with Crippen LogP contribution in [-0.4, -0.2) is 66.3 Å². The first-order valence-electron chi connectivity index (χ1n) is 11.9. The van der Waals surface area contributed by atoms with E-state index < -0.39 is 0 Å². The van der Waals surface area contributed by atoms with E-state index in [1.807, 2.05) is 18.2 Å². The van der Waals surface area contributed by atoms with E-state index in [1.165, 1.54) is 44.1 Å². The average Bonchev–Trinajstić information content (AvgIpc) is 3.23. The molecule has 1 atom stereocenters. The molecule has 6 nitrogen and oxygen atoms in total. The van der Waals surface area contributed by atoms with Gasteiger partial charge in [0.05, 0.1) is 6.61 Å². The number of likely N-dealkylation sites (tertiary alicyclic amines) is 1. The maximum absolute atomic E-state index is 12.4. The van der Waals surface area contributed by atoms with Gasteiger partial charge < -0.3 is 15.7 Å². The van der Waals surface area contributed by atoms with Crippen LogP contribution >= 0.6 is 0 Å². The molecule has 1 saturated heterocycles. The minimum Gasteiger partial charge on any atom is -0.395 e. The Balaban J connectivity index is 1.38. The van der Waals surface area contributed by atoms with Crippen molar-refractivity contribution in [1.82, 2.24) is 15.1 Å². The van der Waals surface area contributed by atoms with Gasteiger partial charge in [0.1, 0.15) is 0 Å². The molecule has 168 valence electrons. The highest BCUT2D eigenvalue weighted by molar-refractivity contribution is 5.90. The molecule has 1 aromatic carbocycles. The average molecular weight is 417 g/mol. The lowest BCUT2D eigenvalue weighted by Gasteiger charge is -2.31. The topological polar surface area (TPSA) is 67.8 Å². The van der Waals surface area contributed by atoms with E-state index in [0.717, 1.165) is 44.6 Å². The largest absolute Gasteiger partial charge is 0.395 e. The highest BCUT2D eigenvalue weighted by atomic mass is 16.3. The number of hydrogen-bond donors (Lipinski definition) is 3.